The number of nitrogens with zero attached hydrogens (tertiary/aromatic N) is 2. The lowest BCUT2D eigenvalue weighted by Gasteiger charge is -2.42. The first-order chi connectivity index (χ1) is 9.62. The summed E-state index contributed by atoms with van der Waals surface area (Å²) < 4.78 is 0. The summed E-state index contributed by atoms with van der Waals surface area (Å²) >= 11 is 1.67. The lowest BCUT2D eigenvalue weighted by atomic mass is 9.74. The Morgan fingerprint density at radius 2 is 2.30 bits per heavy atom. The van der Waals surface area contributed by atoms with Gasteiger partial charge in [-0.15, -0.1) is 11.3 Å². The number of aryl methyl sites for hydroxylation is 1. The third-order valence-electron chi connectivity index (χ3n) is 3.91. The maximum atomic E-state index is 11.0. The molecule has 1 aliphatic carbocycles. The van der Waals surface area contributed by atoms with Crippen molar-refractivity contribution < 1.29 is 9.90 Å². The molecule has 0 amide bonds. The Hall–Kier alpha value is -1.69. The molecule has 1 saturated carbocycles. The molecule has 1 aliphatic rings. The zero-order valence-electron chi connectivity index (χ0n) is 11.3. The number of thiophene rings is 1. The molecule has 1 fully saturated rings. The van der Waals surface area contributed by atoms with Gasteiger partial charge >= 0.3 is 5.97 Å². The van der Waals surface area contributed by atoms with Crippen LogP contribution in [0.1, 0.15) is 37.5 Å². The Bertz CT molecular complexity index is 649. The maximum Gasteiger partial charge on any atom is 0.305 e. The van der Waals surface area contributed by atoms with Gasteiger partial charge in [0.05, 0.1) is 11.8 Å². The normalized spacial score (nSPS) is 16.9. The van der Waals surface area contributed by atoms with E-state index in [-0.39, 0.29) is 12.0 Å². The van der Waals surface area contributed by atoms with Crippen molar-refractivity contribution in [3.8, 4) is 0 Å². The van der Waals surface area contributed by atoms with E-state index < -0.39 is 5.97 Å². The van der Waals surface area contributed by atoms with Crippen molar-refractivity contribution in [1.82, 2.24) is 9.97 Å². The fraction of sp³-hybridized carbons (Fsp3) is 0.500. The molecule has 0 unspecified atom stereocenters. The molecule has 0 aromatic carbocycles. The van der Waals surface area contributed by atoms with Crippen LogP contribution < -0.4 is 5.32 Å². The van der Waals surface area contributed by atoms with Crippen molar-refractivity contribution >= 4 is 33.3 Å². The van der Waals surface area contributed by atoms with Crippen LogP contribution in [0.2, 0.25) is 0 Å². The molecule has 2 aromatic heterocycles. The van der Waals surface area contributed by atoms with Crippen LogP contribution in [0.25, 0.3) is 10.2 Å². The predicted molar refractivity (Wildman–Crippen MR) is 79.3 cm³/mol. The fourth-order valence-corrected chi connectivity index (χ4v) is 3.60. The molecule has 6 heteroatoms. The average Bonchev–Trinajstić information content (AvgIpc) is 2.79. The topological polar surface area (TPSA) is 75.1 Å². The van der Waals surface area contributed by atoms with Gasteiger partial charge < -0.3 is 10.4 Å². The minimum absolute atomic E-state index is 0.142. The van der Waals surface area contributed by atoms with E-state index in [1.165, 1.54) is 4.88 Å². The number of fused-ring (bicyclic) bond motifs is 1. The lowest BCUT2D eigenvalue weighted by molar-refractivity contribution is -0.138. The molecule has 0 aliphatic heterocycles. The van der Waals surface area contributed by atoms with Gasteiger partial charge in [-0.05, 0) is 31.7 Å². The number of aromatic nitrogens is 2. The van der Waals surface area contributed by atoms with Crippen molar-refractivity contribution in [3.05, 3.63) is 17.3 Å². The summed E-state index contributed by atoms with van der Waals surface area (Å²) in [5.74, 6) is 0.00830. The Kier molecular flexibility index (Phi) is 3.33. The Morgan fingerprint density at radius 3 is 2.90 bits per heavy atom. The van der Waals surface area contributed by atoms with Crippen molar-refractivity contribution in [2.75, 3.05) is 5.32 Å². The highest BCUT2D eigenvalue weighted by Gasteiger charge is 2.39. The minimum Gasteiger partial charge on any atom is -0.481 e. The largest absolute Gasteiger partial charge is 0.481 e. The highest BCUT2D eigenvalue weighted by Crippen LogP contribution is 2.39. The quantitative estimate of drug-likeness (QED) is 0.885. The van der Waals surface area contributed by atoms with E-state index in [2.05, 4.69) is 28.3 Å². The van der Waals surface area contributed by atoms with Crippen LogP contribution in [0.3, 0.4) is 0 Å². The Labute approximate surface area is 121 Å². The number of carboxylic acid groups (broad SMARTS) is 1. The van der Waals surface area contributed by atoms with Crippen LogP contribution >= 0.6 is 11.3 Å². The minimum atomic E-state index is -0.762. The van der Waals surface area contributed by atoms with Gasteiger partial charge in [0.15, 0.2) is 0 Å². The van der Waals surface area contributed by atoms with Gasteiger partial charge in [-0.3, -0.25) is 4.79 Å². The molecular weight excluding hydrogens is 274 g/mol. The van der Waals surface area contributed by atoms with E-state index in [1.54, 1.807) is 17.7 Å². The Balaban J connectivity index is 1.93. The fourth-order valence-electron chi connectivity index (χ4n) is 2.67. The third-order valence-corrected chi connectivity index (χ3v) is 5.10. The van der Waals surface area contributed by atoms with Crippen LogP contribution in [0.15, 0.2) is 12.4 Å². The predicted octanol–water partition coefficient (Wildman–Crippen LogP) is 3.06. The van der Waals surface area contributed by atoms with Gasteiger partial charge in [0, 0.05) is 10.4 Å². The summed E-state index contributed by atoms with van der Waals surface area (Å²) in [5, 5.41) is 13.5. The molecule has 2 aromatic rings. The molecule has 2 N–H and O–H groups in total. The zero-order chi connectivity index (χ0) is 14.2. The molecule has 0 atom stereocenters. The average molecular weight is 291 g/mol. The van der Waals surface area contributed by atoms with E-state index in [1.807, 2.05) is 0 Å². The summed E-state index contributed by atoms with van der Waals surface area (Å²) in [4.78, 5) is 21.9. The van der Waals surface area contributed by atoms with Crippen molar-refractivity contribution in [2.45, 2.75) is 44.6 Å². The molecule has 20 heavy (non-hydrogen) atoms. The number of anilines is 1. The first-order valence-corrected chi connectivity index (χ1v) is 7.67. The number of carboxylic acids is 1. The third kappa shape index (κ3) is 2.35. The summed E-state index contributed by atoms with van der Waals surface area (Å²) in [6, 6.07) is 2.11. The molecule has 0 spiro atoms. The van der Waals surface area contributed by atoms with Gasteiger partial charge in [0.1, 0.15) is 17.0 Å². The Morgan fingerprint density at radius 1 is 1.50 bits per heavy atom. The first kappa shape index (κ1) is 13.3. The molecule has 2 heterocycles. The van der Waals surface area contributed by atoms with Gasteiger partial charge in [0.2, 0.25) is 0 Å². The van der Waals surface area contributed by atoms with E-state index in [0.29, 0.717) is 0 Å². The van der Waals surface area contributed by atoms with Crippen molar-refractivity contribution in [2.24, 2.45) is 0 Å². The van der Waals surface area contributed by atoms with E-state index in [4.69, 9.17) is 5.11 Å². The van der Waals surface area contributed by atoms with Gasteiger partial charge in [0.25, 0.3) is 0 Å². The summed E-state index contributed by atoms with van der Waals surface area (Å²) in [5.41, 5.74) is -0.332. The number of aliphatic carboxylic acids is 1. The number of hydrogen-bond donors (Lipinski definition) is 2. The van der Waals surface area contributed by atoms with Gasteiger partial charge in [-0.2, -0.15) is 0 Å². The molecule has 0 bridgehead atoms. The molecular formula is C14H17N3O2S. The summed E-state index contributed by atoms with van der Waals surface area (Å²) in [6.07, 6.45) is 5.50. The maximum absolute atomic E-state index is 11.0. The molecule has 5 nitrogen and oxygen atoms in total. The smallest absolute Gasteiger partial charge is 0.305 e. The monoisotopic (exact) mass is 291 g/mol. The standard InChI is InChI=1S/C14H17N3O2S/c1-2-9-6-10-12(15-8-16-13(10)20-9)17-14(4-3-5-14)7-11(18)19/h6,8H,2-5,7H2,1H3,(H,18,19)(H,15,16,17). The summed E-state index contributed by atoms with van der Waals surface area (Å²) in [7, 11) is 0. The second-order valence-electron chi connectivity index (χ2n) is 5.34. The number of hydrogen-bond acceptors (Lipinski definition) is 5. The molecule has 106 valence electrons. The molecule has 0 saturated heterocycles. The van der Waals surface area contributed by atoms with Crippen LogP contribution in [0, 0.1) is 0 Å². The van der Waals surface area contributed by atoms with Crippen molar-refractivity contribution in [1.29, 1.82) is 0 Å². The second kappa shape index (κ2) is 5.01. The van der Waals surface area contributed by atoms with Crippen LogP contribution in [0.4, 0.5) is 5.82 Å². The highest BCUT2D eigenvalue weighted by atomic mass is 32.1. The highest BCUT2D eigenvalue weighted by molar-refractivity contribution is 7.18. The van der Waals surface area contributed by atoms with Crippen molar-refractivity contribution in [3.63, 3.8) is 0 Å². The number of nitrogens with one attached hydrogen (secondary N) is 1. The first-order valence-electron chi connectivity index (χ1n) is 6.85. The number of rotatable bonds is 5. The zero-order valence-corrected chi connectivity index (χ0v) is 12.2. The lowest BCUT2D eigenvalue weighted by Crippen LogP contribution is -2.47. The van der Waals surface area contributed by atoms with E-state index in [9.17, 15) is 4.79 Å². The van der Waals surface area contributed by atoms with Gasteiger partial charge in [-0.25, -0.2) is 9.97 Å². The van der Waals surface area contributed by atoms with Crippen LogP contribution in [-0.2, 0) is 11.2 Å². The number of carbonyl (C=O) groups is 1. The molecule has 3 rings (SSSR count). The van der Waals surface area contributed by atoms with Gasteiger partial charge in [-0.1, -0.05) is 6.92 Å². The van der Waals surface area contributed by atoms with Crippen LogP contribution in [0.5, 0.6) is 0 Å². The second-order valence-corrected chi connectivity index (χ2v) is 6.45. The SMILES string of the molecule is CCc1cc2c(NC3(CC(=O)O)CCC3)ncnc2s1. The van der Waals surface area contributed by atoms with Crippen LogP contribution in [-0.4, -0.2) is 26.6 Å². The van der Waals surface area contributed by atoms with E-state index >= 15 is 0 Å². The van der Waals surface area contributed by atoms with E-state index in [0.717, 1.165) is 41.7 Å². The molecule has 0 radical (unpaired) electrons. The summed E-state index contributed by atoms with van der Waals surface area (Å²) in [6.45, 7) is 2.11.